The van der Waals surface area contributed by atoms with E-state index in [-0.39, 0.29) is 29.6 Å². The van der Waals surface area contributed by atoms with Crippen molar-refractivity contribution in [2.45, 2.75) is 30.6 Å². The molecule has 3 fully saturated rings. The van der Waals surface area contributed by atoms with E-state index in [2.05, 4.69) is 47.8 Å². The van der Waals surface area contributed by atoms with Crippen LogP contribution in [0.15, 0.2) is 42.6 Å². The number of benzene rings is 2. The zero-order valence-electron chi connectivity index (χ0n) is 17.6. The Morgan fingerprint density at radius 3 is 1.69 bits per heavy atom. The predicted molar refractivity (Wildman–Crippen MR) is 153 cm³/mol. The highest BCUT2D eigenvalue weighted by atomic mass is 127. The lowest BCUT2D eigenvalue weighted by molar-refractivity contribution is -0.162. The van der Waals surface area contributed by atoms with Gasteiger partial charge in [0.15, 0.2) is 5.75 Å². The number of ether oxygens (including phenoxy) is 2. The van der Waals surface area contributed by atoms with Crippen LogP contribution >= 0.6 is 93.0 Å². The van der Waals surface area contributed by atoms with Crippen LogP contribution in [0.25, 0.3) is 0 Å². The van der Waals surface area contributed by atoms with Gasteiger partial charge in [0.2, 0.25) is 0 Å². The first-order valence-electron chi connectivity index (χ1n) is 10.4. The van der Waals surface area contributed by atoms with Crippen molar-refractivity contribution in [3.63, 3.8) is 0 Å². The van der Waals surface area contributed by atoms with Crippen LogP contribution < -0.4 is 9.47 Å². The first kappa shape index (κ1) is 28.2. The Morgan fingerprint density at radius 2 is 1.26 bits per heavy atom. The van der Waals surface area contributed by atoms with E-state index in [4.69, 9.17) is 9.47 Å². The lowest BCUT2D eigenvalue weighted by Gasteiger charge is -2.45. The van der Waals surface area contributed by atoms with Gasteiger partial charge in [-0.15, -0.1) is 0 Å². The van der Waals surface area contributed by atoms with Gasteiger partial charge in [0.05, 0.1) is 25.7 Å². The normalized spacial score (nSPS) is 23.7. The maximum atomic E-state index is 13.4. The zero-order valence-corrected chi connectivity index (χ0v) is 27.5. The molecule has 188 valence electrons. The Balaban J connectivity index is 1.60. The molecule has 0 aromatic heterocycles. The zero-order chi connectivity index (χ0) is 25.7. The summed E-state index contributed by atoms with van der Waals surface area (Å²) in [5.41, 5.74) is 0. The second kappa shape index (κ2) is 11.1. The van der Waals surface area contributed by atoms with Gasteiger partial charge in [-0.25, -0.2) is 8.42 Å². The third-order valence-corrected chi connectivity index (χ3v) is 11.4. The highest BCUT2D eigenvalue weighted by Gasteiger charge is 2.52. The van der Waals surface area contributed by atoms with Gasteiger partial charge in [-0.05, 0) is 139 Å². The molecule has 7 nitrogen and oxygen atoms in total. The molecule has 2 bridgehead atoms. The lowest BCUT2D eigenvalue weighted by atomic mass is 9.58. The Hall–Kier alpha value is 0.190. The van der Waals surface area contributed by atoms with Crippen molar-refractivity contribution in [2.75, 3.05) is 0 Å². The molecule has 0 radical (unpaired) electrons. The van der Waals surface area contributed by atoms with Crippen molar-refractivity contribution in [3.05, 3.63) is 44.8 Å². The monoisotopic (exact) mass is 915 g/mol. The fourth-order valence-corrected chi connectivity index (χ4v) is 11.3. The Kier molecular flexibility index (Phi) is 8.96. The third-order valence-electron chi connectivity index (χ3n) is 6.37. The molecular weight excluding hydrogens is 902 g/mol. The molecule has 35 heavy (non-hydrogen) atoms. The van der Waals surface area contributed by atoms with Crippen LogP contribution in [-0.2, 0) is 19.7 Å². The van der Waals surface area contributed by atoms with Crippen molar-refractivity contribution >= 4 is 115 Å². The van der Waals surface area contributed by atoms with Crippen molar-refractivity contribution < 1.29 is 32.0 Å². The molecule has 0 heterocycles. The van der Waals surface area contributed by atoms with Crippen LogP contribution in [0.3, 0.4) is 0 Å². The van der Waals surface area contributed by atoms with Gasteiger partial charge < -0.3 is 14.0 Å². The van der Waals surface area contributed by atoms with Crippen molar-refractivity contribution in [1.82, 2.24) is 0 Å². The molecule has 2 aromatic rings. The Morgan fingerprint density at radius 1 is 0.829 bits per heavy atom. The summed E-state index contributed by atoms with van der Waals surface area (Å²) in [7, 11) is -4.67. The molecule has 0 amide bonds. The molecule has 3 aliphatic rings. The summed E-state index contributed by atoms with van der Waals surface area (Å²) >= 11 is 13.7. The van der Waals surface area contributed by atoms with Crippen molar-refractivity contribution in [3.8, 4) is 11.5 Å². The molecule has 5 rings (SSSR count). The lowest BCUT2D eigenvalue weighted by Crippen LogP contribution is -2.49. The highest BCUT2D eigenvalue weighted by Crippen LogP contribution is 2.50. The summed E-state index contributed by atoms with van der Waals surface area (Å²) in [4.78, 5) is 26.4. The smallest absolute Gasteiger partial charge is 0.315 e. The minimum absolute atomic E-state index is 0.00584. The Bertz CT molecular complexity index is 1260. The number of carbonyl (C=O) groups excluding carboxylic acids is 2. The summed E-state index contributed by atoms with van der Waals surface area (Å²) in [5, 5.41) is 0. The SMILES string of the molecule is O=C(Oc1cc(I)c(S(=O)(=O)[O-])c(I)c1)C1C2CCC(CC2)C1C(=O)Oc1c(Br)cc(Br)cc1Br. The quantitative estimate of drug-likeness (QED) is 0.143. The average molecular weight is 918 g/mol. The molecule has 13 heteroatoms. The van der Waals surface area contributed by atoms with E-state index >= 15 is 0 Å². The number of hydrogen-bond acceptors (Lipinski definition) is 7. The second-order valence-corrected chi connectivity index (χ2v) is 14.7. The molecule has 2 unspecified atom stereocenters. The summed E-state index contributed by atoms with van der Waals surface area (Å²) in [6.07, 6.45) is 3.32. The van der Waals surface area contributed by atoms with E-state index in [9.17, 15) is 22.6 Å². The fraction of sp³-hybridized carbons (Fsp3) is 0.364. The van der Waals surface area contributed by atoms with Gasteiger partial charge in [0, 0.05) is 11.6 Å². The van der Waals surface area contributed by atoms with Crippen LogP contribution in [-0.4, -0.2) is 24.9 Å². The number of halogens is 5. The Labute approximate surface area is 254 Å². The summed E-state index contributed by atoms with van der Waals surface area (Å²) in [6, 6.07) is 6.22. The summed E-state index contributed by atoms with van der Waals surface area (Å²) in [6.45, 7) is 0. The second-order valence-electron chi connectivity index (χ2n) is 8.44. The number of fused-ring (bicyclic) bond motifs is 3. The molecule has 3 saturated carbocycles. The minimum Gasteiger partial charge on any atom is -0.744 e. The van der Waals surface area contributed by atoms with E-state index < -0.39 is 33.9 Å². The van der Waals surface area contributed by atoms with E-state index in [1.807, 2.05) is 0 Å². The van der Waals surface area contributed by atoms with E-state index in [1.54, 1.807) is 57.3 Å². The average Bonchev–Trinajstić information content (AvgIpc) is 2.74. The van der Waals surface area contributed by atoms with E-state index in [1.165, 1.54) is 12.1 Å². The van der Waals surface area contributed by atoms with Gasteiger partial charge in [0.25, 0.3) is 0 Å². The standard InChI is InChI=1S/C22H17Br3I2O7S/c23-11-5-13(24)19(14(25)6-11)34-22(29)18-10-3-1-9(2-4-10)17(18)21(28)33-12-7-15(26)20(16(27)8-12)35(30,31)32/h5-10,17-18H,1-4H2,(H,30,31,32)/p-1. The molecular formula is C22H16Br3I2O7S-. The fourth-order valence-electron chi connectivity index (χ4n) is 4.94. The van der Waals surface area contributed by atoms with Gasteiger partial charge in [-0.2, -0.15) is 0 Å². The summed E-state index contributed by atoms with van der Waals surface area (Å²) < 4.78 is 48.4. The molecule has 2 aromatic carbocycles. The van der Waals surface area contributed by atoms with Crippen LogP contribution in [0.4, 0.5) is 0 Å². The van der Waals surface area contributed by atoms with Crippen LogP contribution in [0.5, 0.6) is 11.5 Å². The van der Waals surface area contributed by atoms with Crippen LogP contribution in [0.1, 0.15) is 25.7 Å². The minimum atomic E-state index is -4.67. The van der Waals surface area contributed by atoms with Gasteiger partial charge in [-0.3, -0.25) is 9.59 Å². The topological polar surface area (TPSA) is 110 Å². The van der Waals surface area contributed by atoms with E-state index in [0.29, 0.717) is 14.7 Å². The van der Waals surface area contributed by atoms with Crippen LogP contribution in [0.2, 0.25) is 0 Å². The molecule has 0 N–H and O–H groups in total. The molecule has 0 spiro atoms. The molecule has 3 aliphatic carbocycles. The van der Waals surface area contributed by atoms with Crippen LogP contribution in [0, 0.1) is 30.8 Å². The third kappa shape index (κ3) is 6.10. The van der Waals surface area contributed by atoms with Gasteiger partial charge >= 0.3 is 11.9 Å². The number of esters is 2. The first-order chi connectivity index (χ1) is 16.4. The van der Waals surface area contributed by atoms with Gasteiger partial charge in [-0.1, -0.05) is 15.9 Å². The maximum absolute atomic E-state index is 13.4. The maximum Gasteiger partial charge on any atom is 0.315 e. The largest absolute Gasteiger partial charge is 0.744 e. The molecule has 0 saturated heterocycles. The summed E-state index contributed by atoms with van der Waals surface area (Å²) in [5.74, 6) is -1.92. The number of carbonyl (C=O) groups is 2. The van der Waals surface area contributed by atoms with Gasteiger partial charge in [0.1, 0.15) is 15.9 Å². The first-order valence-corrected chi connectivity index (χ1v) is 16.3. The van der Waals surface area contributed by atoms with Crippen molar-refractivity contribution in [1.29, 1.82) is 0 Å². The highest BCUT2D eigenvalue weighted by molar-refractivity contribution is 14.1. The van der Waals surface area contributed by atoms with Crippen molar-refractivity contribution in [2.24, 2.45) is 23.7 Å². The predicted octanol–water partition coefficient (Wildman–Crippen LogP) is 6.65. The van der Waals surface area contributed by atoms with E-state index in [0.717, 1.165) is 30.2 Å². The molecule has 0 aliphatic heterocycles. The number of rotatable bonds is 5. The molecule has 2 atom stereocenters. The number of hydrogen-bond donors (Lipinski definition) is 0.